The third-order valence-corrected chi connectivity index (χ3v) is 3.96. The molecule has 1 rings (SSSR count). The molecule has 0 aliphatic heterocycles. The fourth-order valence-corrected chi connectivity index (χ4v) is 2.79. The first-order chi connectivity index (χ1) is 11.1. The van der Waals surface area contributed by atoms with Crippen LogP contribution in [0.4, 0.5) is 0 Å². The predicted octanol–water partition coefficient (Wildman–Crippen LogP) is 2.41. The molecular weight excluding hydrogens is 294 g/mol. The fraction of sp³-hybridized carbons (Fsp3) is 0.471. The molecule has 0 saturated heterocycles. The Morgan fingerprint density at radius 3 is 2.35 bits per heavy atom. The number of allylic oxidation sites excluding steroid dienone is 5. The minimum Gasteiger partial charge on any atom is -0.504 e. The van der Waals surface area contributed by atoms with Gasteiger partial charge in [-0.25, -0.2) is 10.1 Å². The number of aliphatic hydroxyl groups excluding tert-OH is 1. The minimum absolute atomic E-state index is 0.0865. The molecule has 0 aromatic carbocycles. The van der Waals surface area contributed by atoms with Gasteiger partial charge in [0.25, 0.3) is 5.70 Å². The summed E-state index contributed by atoms with van der Waals surface area (Å²) < 4.78 is 4.78. The van der Waals surface area contributed by atoms with E-state index in [9.17, 15) is 20.7 Å². The molecule has 0 spiro atoms. The topological polar surface area (TPSA) is 102 Å². The summed E-state index contributed by atoms with van der Waals surface area (Å²) in [4.78, 5) is 3.26. The molecule has 0 unspecified atom stereocenters. The highest BCUT2D eigenvalue weighted by Crippen LogP contribution is 2.38. The van der Waals surface area contributed by atoms with Crippen LogP contribution < -0.4 is 0 Å². The highest BCUT2D eigenvalue weighted by Gasteiger charge is 2.30. The van der Waals surface area contributed by atoms with Crippen LogP contribution in [-0.4, -0.2) is 23.6 Å². The normalized spacial score (nSPS) is 22.9. The maximum absolute atomic E-state index is 9.39. The molecule has 23 heavy (non-hydrogen) atoms. The van der Waals surface area contributed by atoms with Gasteiger partial charge in [-0.1, -0.05) is 0 Å². The van der Waals surface area contributed by atoms with E-state index >= 15 is 0 Å². The third kappa shape index (κ3) is 4.97. The zero-order valence-corrected chi connectivity index (χ0v) is 12.9. The molecule has 1 fully saturated rings. The van der Waals surface area contributed by atoms with E-state index in [0.29, 0.717) is 31.3 Å². The molecule has 6 nitrogen and oxygen atoms in total. The van der Waals surface area contributed by atoms with E-state index in [2.05, 4.69) is 4.85 Å². The van der Waals surface area contributed by atoms with Crippen LogP contribution >= 0.6 is 0 Å². The summed E-state index contributed by atoms with van der Waals surface area (Å²) in [6, 6.07) is 3.91. The monoisotopic (exact) mass is 313 g/mol. The molecule has 1 saturated carbocycles. The second-order valence-corrected chi connectivity index (χ2v) is 5.27. The van der Waals surface area contributed by atoms with Crippen LogP contribution in [0, 0.1) is 41.1 Å². The Kier molecular flexibility index (Phi) is 7.57. The van der Waals surface area contributed by atoms with Gasteiger partial charge >= 0.3 is 0 Å². The number of nitrogens with zero attached hydrogens (tertiary/aromatic N) is 3. The number of methoxy groups -OCH3 is 1. The lowest BCUT2D eigenvalue weighted by atomic mass is 9.75. The molecular formula is C17H19N3O3. The van der Waals surface area contributed by atoms with Crippen LogP contribution in [0.2, 0.25) is 0 Å². The average Bonchev–Trinajstić information content (AvgIpc) is 2.57. The Labute approximate surface area is 136 Å². The van der Waals surface area contributed by atoms with E-state index in [-0.39, 0.29) is 23.1 Å². The van der Waals surface area contributed by atoms with Gasteiger partial charge in [-0.15, -0.1) is 0 Å². The Morgan fingerprint density at radius 1 is 1.26 bits per heavy atom. The number of hydrogen-bond acceptors (Lipinski definition) is 5. The van der Waals surface area contributed by atoms with Crippen molar-refractivity contribution in [3.8, 4) is 12.1 Å². The lowest BCUT2D eigenvalue weighted by molar-refractivity contribution is -0.0947. The van der Waals surface area contributed by atoms with Gasteiger partial charge in [0, 0.05) is 11.5 Å². The van der Waals surface area contributed by atoms with Crippen molar-refractivity contribution in [3.05, 3.63) is 46.7 Å². The summed E-state index contributed by atoms with van der Waals surface area (Å²) in [6.45, 7) is 7.18. The summed E-state index contributed by atoms with van der Waals surface area (Å²) in [5.41, 5.74) is 0.618. The Balaban J connectivity index is 3.15. The van der Waals surface area contributed by atoms with Crippen molar-refractivity contribution >= 4 is 0 Å². The largest absolute Gasteiger partial charge is 0.504 e. The molecule has 0 aromatic rings. The van der Waals surface area contributed by atoms with E-state index in [1.807, 2.05) is 12.1 Å². The molecule has 6 heteroatoms. The summed E-state index contributed by atoms with van der Waals surface area (Å²) in [6.07, 6.45) is 5.48. The standard InChI is InChI=1S/C17H19N3O3/c1-20-15(11-19)16(14(10-18)4-3-9-23-2)12-5-7-13(8-6-12)17(21)22/h3-4,9,12-13,17,21-22H,5-8H2,2H3/b9-3+,14-4+,16-15+. The van der Waals surface area contributed by atoms with E-state index in [1.165, 1.54) is 19.4 Å². The van der Waals surface area contributed by atoms with Crippen molar-refractivity contribution < 1.29 is 14.9 Å². The zero-order valence-electron chi connectivity index (χ0n) is 12.9. The summed E-state index contributed by atoms with van der Waals surface area (Å²) in [5, 5.41) is 37.1. The molecule has 0 radical (unpaired) electrons. The third-order valence-electron chi connectivity index (χ3n) is 3.96. The number of ether oxygens (including phenoxy) is 1. The van der Waals surface area contributed by atoms with E-state index < -0.39 is 6.29 Å². The highest BCUT2D eigenvalue weighted by molar-refractivity contribution is 5.53. The van der Waals surface area contributed by atoms with E-state index in [0.717, 1.165) is 0 Å². The molecule has 0 amide bonds. The Bertz CT molecular complexity index is 603. The molecule has 120 valence electrons. The van der Waals surface area contributed by atoms with Crippen molar-refractivity contribution in [3.63, 3.8) is 0 Å². The average molecular weight is 313 g/mol. The van der Waals surface area contributed by atoms with Crippen molar-refractivity contribution in [2.24, 2.45) is 11.8 Å². The fourth-order valence-electron chi connectivity index (χ4n) is 2.79. The SMILES string of the molecule is [C-]#[N+]/C(C#N)=C(/C(C#N)=C/C=C/OC)C1CCC(C(O)O)CC1. The van der Waals surface area contributed by atoms with Gasteiger partial charge in [0.2, 0.25) is 0 Å². The van der Waals surface area contributed by atoms with Crippen LogP contribution in [0.3, 0.4) is 0 Å². The quantitative estimate of drug-likeness (QED) is 0.267. The van der Waals surface area contributed by atoms with Crippen LogP contribution in [0.1, 0.15) is 25.7 Å². The van der Waals surface area contributed by atoms with Gasteiger partial charge in [-0.05, 0) is 49.3 Å². The number of hydrogen-bond donors (Lipinski definition) is 2. The summed E-state index contributed by atoms with van der Waals surface area (Å²) in [7, 11) is 1.48. The van der Waals surface area contributed by atoms with E-state index in [4.69, 9.17) is 11.3 Å². The van der Waals surface area contributed by atoms with Gasteiger partial charge in [-0.3, -0.25) is 0 Å². The molecule has 0 aromatic heterocycles. The predicted molar refractivity (Wildman–Crippen MR) is 82.8 cm³/mol. The maximum atomic E-state index is 9.39. The molecule has 1 aliphatic rings. The van der Waals surface area contributed by atoms with Gasteiger partial charge < -0.3 is 14.9 Å². The smallest absolute Gasteiger partial charge is 0.266 e. The van der Waals surface area contributed by atoms with Crippen LogP contribution in [0.25, 0.3) is 4.85 Å². The van der Waals surface area contributed by atoms with Crippen molar-refractivity contribution in [1.29, 1.82) is 10.5 Å². The summed E-state index contributed by atoms with van der Waals surface area (Å²) in [5.74, 6) is -0.315. The second kappa shape index (κ2) is 9.43. The van der Waals surface area contributed by atoms with E-state index in [1.54, 1.807) is 6.08 Å². The Morgan fingerprint density at radius 2 is 1.91 bits per heavy atom. The molecule has 0 heterocycles. The molecule has 2 N–H and O–H groups in total. The minimum atomic E-state index is -1.35. The first-order valence-electron chi connectivity index (χ1n) is 7.27. The zero-order chi connectivity index (χ0) is 17.2. The van der Waals surface area contributed by atoms with Crippen molar-refractivity contribution in [2.45, 2.75) is 32.0 Å². The van der Waals surface area contributed by atoms with Crippen LogP contribution in [0.15, 0.2) is 35.3 Å². The number of aliphatic hydroxyl groups is 2. The first-order valence-corrected chi connectivity index (χ1v) is 7.27. The summed E-state index contributed by atoms with van der Waals surface area (Å²) >= 11 is 0. The van der Waals surface area contributed by atoms with Gasteiger partial charge in [0.1, 0.15) is 0 Å². The lowest BCUT2D eigenvalue weighted by Crippen LogP contribution is -2.26. The van der Waals surface area contributed by atoms with Gasteiger partial charge in [0.05, 0.1) is 32.1 Å². The van der Waals surface area contributed by atoms with Gasteiger partial charge in [-0.2, -0.15) is 5.26 Å². The number of nitriles is 2. The first kappa shape index (κ1) is 18.5. The maximum Gasteiger partial charge on any atom is 0.266 e. The highest BCUT2D eigenvalue weighted by atomic mass is 16.5. The Hall–Kier alpha value is -2.59. The lowest BCUT2D eigenvalue weighted by Gasteiger charge is -2.31. The number of rotatable bonds is 5. The van der Waals surface area contributed by atoms with Crippen LogP contribution in [0.5, 0.6) is 0 Å². The van der Waals surface area contributed by atoms with Crippen LogP contribution in [-0.2, 0) is 4.74 Å². The van der Waals surface area contributed by atoms with Gasteiger partial charge in [0.15, 0.2) is 6.29 Å². The second-order valence-electron chi connectivity index (χ2n) is 5.27. The molecule has 0 atom stereocenters. The van der Waals surface area contributed by atoms with Crippen molar-refractivity contribution in [2.75, 3.05) is 7.11 Å². The van der Waals surface area contributed by atoms with Crippen molar-refractivity contribution in [1.82, 2.24) is 0 Å². The molecule has 0 bridgehead atoms. The molecule has 1 aliphatic carbocycles.